The molecule has 0 saturated heterocycles. The van der Waals surface area contributed by atoms with Gasteiger partial charge in [0.1, 0.15) is 5.75 Å². The molecule has 198 valence electrons. The summed E-state index contributed by atoms with van der Waals surface area (Å²) < 4.78 is 8.54. The summed E-state index contributed by atoms with van der Waals surface area (Å²) >= 11 is 9.86. The first-order valence-electron chi connectivity index (χ1n) is 12.2. The van der Waals surface area contributed by atoms with Gasteiger partial charge < -0.3 is 25.5 Å². The van der Waals surface area contributed by atoms with Gasteiger partial charge in [0.25, 0.3) is 5.91 Å². The number of rotatable bonds is 10. The highest BCUT2D eigenvalue weighted by molar-refractivity contribution is 9.10. The maximum absolute atomic E-state index is 13.0. The number of fused-ring (bicyclic) bond motifs is 1. The molecule has 8 nitrogen and oxygen atoms in total. The molecule has 0 spiro atoms. The first-order valence-corrected chi connectivity index (χ1v) is 13.4. The highest BCUT2D eigenvalue weighted by Gasteiger charge is 2.17. The lowest BCUT2D eigenvalue weighted by Gasteiger charge is -2.20. The minimum absolute atomic E-state index is 0.0383. The normalized spacial score (nSPS) is 11.9. The Morgan fingerprint density at radius 1 is 1.16 bits per heavy atom. The number of hydrogen-bond donors (Lipinski definition) is 3. The highest BCUT2D eigenvalue weighted by Crippen LogP contribution is 2.27. The monoisotopic (exact) mass is 597 g/mol. The van der Waals surface area contributed by atoms with Crippen LogP contribution in [0.2, 0.25) is 5.02 Å². The van der Waals surface area contributed by atoms with E-state index in [1.165, 1.54) is 0 Å². The van der Waals surface area contributed by atoms with Crippen molar-refractivity contribution < 1.29 is 14.3 Å². The molecule has 4 rings (SSSR count). The fraction of sp³-hybridized carbons (Fsp3) is 0.250. The van der Waals surface area contributed by atoms with Crippen LogP contribution >= 0.6 is 27.5 Å². The van der Waals surface area contributed by atoms with Crippen molar-refractivity contribution in [3.8, 4) is 17.0 Å². The SMILES string of the molecule is CC(C)Oc1ccc(C(=O)N[C@H](CNC(=O)CN)Cc2ccc(-c3cn4cccc(Br)c4n3)cc2)cc1Cl. The van der Waals surface area contributed by atoms with Gasteiger partial charge in [-0.2, -0.15) is 0 Å². The number of pyridine rings is 1. The molecule has 38 heavy (non-hydrogen) atoms. The molecule has 0 aliphatic carbocycles. The number of aromatic nitrogens is 2. The van der Waals surface area contributed by atoms with Crippen molar-refractivity contribution >= 4 is 45.0 Å². The summed E-state index contributed by atoms with van der Waals surface area (Å²) in [4.78, 5) is 29.5. The molecule has 1 atom stereocenters. The molecule has 2 amide bonds. The quantitative estimate of drug-likeness (QED) is 0.247. The summed E-state index contributed by atoms with van der Waals surface area (Å²) in [6.07, 6.45) is 4.38. The number of amides is 2. The molecule has 2 aromatic heterocycles. The molecule has 2 aromatic carbocycles. The van der Waals surface area contributed by atoms with E-state index >= 15 is 0 Å². The summed E-state index contributed by atoms with van der Waals surface area (Å²) in [6.45, 7) is 3.91. The van der Waals surface area contributed by atoms with Crippen molar-refractivity contribution in [3.05, 3.63) is 87.6 Å². The second-order valence-corrected chi connectivity index (χ2v) is 10.4. The molecule has 4 N–H and O–H groups in total. The summed E-state index contributed by atoms with van der Waals surface area (Å²) in [5.41, 5.74) is 9.49. The van der Waals surface area contributed by atoms with Gasteiger partial charge in [0, 0.05) is 30.1 Å². The molecular weight excluding hydrogens is 570 g/mol. The molecule has 0 unspecified atom stereocenters. The van der Waals surface area contributed by atoms with Gasteiger partial charge >= 0.3 is 0 Å². The van der Waals surface area contributed by atoms with Crippen molar-refractivity contribution in [1.82, 2.24) is 20.0 Å². The van der Waals surface area contributed by atoms with Crippen molar-refractivity contribution in [2.24, 2.45) is 5.73 Å². The average Bonchev–Trinajstić information content (AvgIpc) is 3.34. The van der Waals surface area contributed by atoms with Crippen molar-refractivity contribution in [3.63, 3.8) is 0 Å². The molecule has 0 radical (unpaired) electrons. The van der Waals surface area contributed by atoms with E-state index in [1.807, 2.05) is 67.0 Å². The molecule has 4 aromatic rings. The van der Waals surface area contributed by atoms with Crippen molar-refractivity contribution in [1.29, 1.82) is 0 Å². The van der Waals surface area contributed by atoms with Crippen LogP contribution in [-0.4, -0.2) is 46.4 Å². The summed E-state index contributed by atoms with van der Waals surface area (Å²) in [5, 5.41) is 6.13. The van der Waals surface area contributed by atoms with Gasteiger partial charge in [-0.25, -0.2) is 4.98 Å². The zero-order valence-corrected chi connectivity index (χ0v) is 23.4. The Balaban J connectivity index is 1.48. The highest BCUT2D eigenvalue weighted by atomic mass is 79.9. The van der Waals surface area contributed by atoms with Crippen molar-refractivity contribution in [2.75, 3.05) is 13.1 Å². The van der Waals surface area contributed by atoms with Gasteiger partial charge in [-0.1, -0.05) is 35.9 Å². The molecule has 2 heterocycles. The number of halogens is 2. The number of carbonyl (C=O) groups excluding carboxylic acids is 2. The van der Waals surface area contributed by atoms with Crippen LogP contribution in [0.15, 0.2) is 71.5 Å². The number of carbonyl (C=O) groups is 2. The van der Waals surface area contributed by atoms with E-state index in [9.17, 15) is 9.59 Å². The van der Waals surface area contributed by atoms with Crippen LogP contribution in [0.25, 0.3) is 16.9 Å². The van der Waals surface area contributed by atoms with E-state index in [4.69, 9.17) is 27.1 Å². The molecular formula is C28H29BrClN5O3. The molecule has 0 aliphatic heterocycles. The molecule has 0 bridgehead atoms. The van der Waals surface area contributed by atoms with Crippen LogP contribution < -0.4 is 21.1 Å². The Hall–Kier alpha value is -3.40. The standard InChI is InChI=1S/C28H29BrClN5O3/c1-17(2)38-25-10-9-20(13-23(25)30)28(37)33-21(15-32-26(36)14-31)12-18-5-7-19(8-6-18)24-16-35-11-3-4-22(29)27(35)34-24/h3-11,13,16-17,21H,12,14-15,31H2,1-2H3,(H,32,36)(H,33,37)/t21-/m0/s1. The minimum atomic E-state index is -0.375. The Labute approximate surface area is 234 Å². The first kappa shape index (κ1) is 27.6. The Morgan fingerprint density at radius 2 is 1.92 bits per heavy atom. The Morgan fingerprint density at radius 3 is 2.58 bits per heavy atom. The van der Waals surface area contributed by atoms with Gasteiger partial charge in [-0.15, -0.1) is 0 Å². The van der Waals surface area contributed by atoms with Gasteiger partial charge in [0.15, 0.2) is 5.65 Å². The zero-order valence-electron chi connectivity index (χ0n) is 21.1. The summed E-state index contributed by atoms with van der Waals surface area (Å²) in [6, 6.07) is 16.4. The van der Waals surface area contributed by atoms with E-state index in [2.05, 4.69) is 26.6 Å². The van der Waals surface area contributed by atoms with E-state index in [-0.39, 0.29) is 37.0 Å². The lowest BCUT2D eigenvalue weighted by atomic mass is 10.0. The van der Waals surface area contributed by atoms with Gasteiger partial charge in [-0.05, 0) is 72.1 Å². The van der Waals surface area contributed by atoms with E-state index in [0.717, 1.165) is 26.9 Å². The van der Waals surface area contributed by atoms with Crippen LogP contribution in [0.3, 0.4) is 0 Å². The molecule has 10 heteroatoms. The molecule has 0 fully saturated rings. The second kappa shape index (κ2) is 12.4. The summed E-state index contributed by atoms with van der Waals surface area (Å²) in [5.74, 6) is -0.0826. The van der Waals surface area contributed by atoms with Crippen LogP contribution in [0.1, 0.15) is 29.8 Å². The molecule has 0 saturated carbocycles. The van der Waals surface area contributed by atoms with E-state index in [1.54, 1.807) is 18.2 Å². The van der Waals surface area contributed by atoms with Crippen molar-refractivity contribution in [2.45, 2.75) is 32.4 Å². The van der Waals surface area contributed by atoms with E-state index < -0.39 is 0 Å². The van der Waals surface area contributed by atoms with Crippen LogP contribution in [0.5, 0.6) is 5.75 Å². The predicted octanol–water partition coefficient (Wildman–Crippen LogP) is 4.62. The number of nitrogens with one attached hydrogen (secondary N) is 2. The Kier molecular flexibility index (Phi) is 9.04. The van der Waals surface area contributed by atoms with E-state index in [0.29, 0.717) is 22.8 Å². The lowest BCUT2D eigenvalue weighted by molar-refractivity contribution is -0.119. The van der Waals surface area contributed by atoms with Gasteiger partial charge in [-0.3, -0.25) is 9.59 Å². The number of nitrogens with zero attached hydrogens (tertiary/aromatic N) is 2. The number of hydrogen-bond acceptors (Lipinski definition) is 5. The fourth-order valence-electron chi connectivity index (χ4n) is 3.96. The second-order valence-electron chi connectivity index (χ2n) is 9.10. The largest absolute Gasteiger partial charge is 0.489 e. The van der Waals surface area contributed by atoms with Crippen LogP contribution in [-0.2, 0) is 11.2 Å². The predicted molar refractivity (Wildman–Crippen MR) is 153 cm³/mol. The maximum Gasteiger partial charge on any atom is 0.251 e. The average molecular weight is 599 g/mol. The lowest BCUT2D eigenvalue weighted by Crippen LogP contribution is -2.46. The zero-order chi connectivity index (χ0) is 27.2. The van der Waals surface area contributed by atoms with Crippen LogP contribution in [0, 0.1) is 0 Å². The number of nitrogens with two attached hydrogens (primary N) is 1. The smallest absolute Gasteiger partial charge is 0.251 e. The third-order valence-corrected chi connectivity index (χ3v) is 6.70. The molecule has 0 aliphatic rings. The third kappa shape index (κ3) is 6.92. The third-order valence-electron chi connectivity index (χ3n) is 5.79. The maximum atomic E-state index is 13.0. The Bertz CT molecular complexity index is 1440. The number of benzene rings is 2. The van der Waals surface area contributed by atoms with Crippen LogP contribution in [0.4, 0.5) is 0 Å². The van der Waals surface area contributed by atoms with Gasteiger partial charge in [0.05, 0.1) is 33.9 Å². The minimum Gasteiger partial charge on any atom is -0.489 e. The first-order chi connectivity index (χ1) is 18.2. The number of ether oxygens (including phenoxy) is 1. The van der Waals surface area contributed by atoms with Gasteiger partial charge in [0.2, 0.25) is 5.91 Å². The number of imidazole rings is 1. The topological polar surface area (TPSA) is 111 Å². The fourth-order valence-corrected chi connectivity index (χ4v) is 4.63. The summed E-state index contributed by atoms with van der Waals surface area (Å²) in [7, 11) is 0.